The first kappa shape index (κ1) is 14.1. The molecule has 3 nitrogen and oxygen atoms in total. The van der Waals surface area contributed by atoms with Crippen LogP contribution in [0.25, 0.3) is 0 Å². The van der Waals surface area contributed by atoms with Crippen molar-refractivity contribution in [2.45, 2.75) is 38.6 Å². The summed E-state index contributed by atoms with van der Waals surface area (Å²) in [4.78, 5) is 14.3. The molecule has 0 bridgehead atoms. The van der Waals surface area contributed by atoms with Gasteiger partial charge in [0.05, 0.1) is 6.61 Å². The molecule has 1 aromatic rings. The smallest absolute Gasteiger partial charge is 0.226 e. The zero-order chi connectivity index (χ0) is 13.5. The molecule has 2 rings (SSSR count). The lowest BCUT2D eigenvalue weighted by atomic mass is 9.88. The van der Waals surface area contributed by atoms with Gasteiger partial charge in [0.15, 0.2) is 0 Å². The Morgan fingerprint density at radius 3 is 2.47 bits per heavy atom. The molecule has 0 spiro atoms. The summed E-state index contributed by atoms with van der Waals surface area (Å²) < 4.78 is 0. The van der Waals surface area contributed by atoms with Crippen molar-refractivity contribution in [3.63, 3.8) is 0 Å². The van der Waals surface area contributed by atoms with E-state index in [1.807, 2.05) is 35.2 Å². The van der Waals surface area contributed by atoms with Crippen LogP contribution in [0.15, 0.2) is 30.3 Å². The first-order valence-electron chi connectivity index (χ1n) is 7.25. The van der Waals surface area contributed by atoms with Crippen LogP contribution in [0.3, 0.4) is 0 Å². The topological polar surface area (TPSA) is 40.5 Å². The Kier molecular flexibility index (Phi) is 5.40. The number of aliphatic hydroxyl groups is 1. The molecule has 3 heteroatoms. The summed E-state index contributed by atoms with van der Waals surface area (Å²) in [6.07, 6.45) is 5.59. The van der Waals surface area contributed by atoms with Crippen LogP contribution >= 0.6 is 0 Å². The molecule has 0 aliphatic heterocycles. The highest BCUT2D eigenvalue weighted by molar-refractivity contribution is 5.78. The quantitative estimate of drug-likeness (QED) is 0.885. The Morgan fingerprint density at radius 1 is 1.16 bits per heavy atom. The molecule has 104 valence electrons. The van der Waals surface area contributed by atoms with Crippen LogP contribution in [0.4, 0.5) is 0 Å². The monoisotopic (exact) mass is 261 g/mol. The molecule has 19 heavy (non-hydrogen) atoms. The second kappa shape index (κ2) is 7.29. The summed E-state index contributed by atoms with van der Waals surface area (Å²) >= 11 is 0. The number of amides is 1. The van der Waals surface area contributed by atoms with E-state index in [4.69, 9.17) is 5.11 Å². The van der Waals surface area contributed by atoms with E-state index in [-0.39, 0.29) is 18.4 Å². The maximum absolute atomic E-state index is 12.5. The minimum atomic E-state index is 0.0330. The van der Waals surface area contributed by atoms with E-state index >= 15 is 0 Å². The van der Waals surface area contributed by atoms with E-state index in [9.17, 15) is 4.79 Å². The average Bonchev–Trinajstić information content (AvgIpc) is 2.48. The van der Waals surface area contributed by atoms with Gasteiger partial charge >= 0.3 is 0 Å². The van der Waals surface area contributed by atoms with Gasteiger partial charge in [-0.3, -0.25) is 4.79 Å². The molecule has 0 atom stereocenters. The number of benzene rings is 1. The molecule has 1 aromatic carbocycles. The molecule has 1 N–H and O–H groups in total. The van der Waals surface area contributed by atoms with Gasteiger partial charge in [0.1, 0.15) is 0 Å². The number of carbonyl (C=O) groups is 1. The number of hydrogen-bond donors (Lipinski definition) is 1. The summed E-state index contributed by atoms with van der Waals surface area (Å²) in [6, 6.07) is 10.00. The first-order chi connectivity index (χ1) is 9.31. The Bertz CT molecular complexity index is 385. The van der Waals surface area contributed by atoms with E-state index in [2.05, 4.69) is 0 Å². The summed E-state index contributed by atoms with van der Waals surface area (Å²) in [5.74, 6) is 0.390. The molecule has 0 saturated heterocycles. The third kappa shape index (κ3) is 4.06. The molecule has 0 radical (unpaired) electrons. The van der Waals surface area contributed by atoms with Gasteiger partial charge in [-0.1, -0.05) is 49.6 Å². The molecule has 1 saturated carbocycles. The Morgan fingerprint density at radius 2 is 1.84 bits per heavy atom. The summed E-state index contributed by atoms with van der Waals surface area (Å²) in [6.45, 7) is 1.08. The largest absolute Gasteiger partial charge is 0.395 e. The fourth-order valence-corrected chi connectivity index (χ4v) is 2.80. The van der Waals surface area contributed by atoms with Crippen LogP contribution < -0.4 is 0 Å². The highest BCUT2D eigenvalue weighted by Crippen LogP contribution is 2.25. The van der Waals surface area contributed by atoms with Crippen molar-refractivity contribution in [2.24, 2.45) is 5.92 Å². The molecular formula is C16H23NO2. The number of nitrogens with zero attached hydrogens (tertiary/aromatic N) is 1. The lowest BCUT2D eigenvalue weighted by molar-refractivity contribution is -0.137. The molecule has 0 aromatic heterocycles. The summed E-state index contributed by atoms with van der Waals surface area (Å²) in [5, 5.41) is 9.17. The SMILES string of the molecule is O=C(C1CCCCC1)N(CCO)Cc1ccccc1. The maximum atomic E-state index is 12.5. The van der Waals surface area contributed by atoms with Crippen LogP contribution in [-0.4, -0.2) is 29.1 Å². The van der Waals surface area contributed by atoms with Gasteiger partial charge in [0, 0.05) is 19.0 Å². The van der Waals surface area contributed by atoms with Crippen molar-refractivity contribution in [3.8, 4) is 0 Å². The van der Waals surface area contributed by atoms with Gasteiger partial charge in [-0.2, -0.15) is 0 Å². The zero-order valence-electron chi connectivity index (χ0n) is 11.4. The van der Waals surface area contributed by atoms with Gasteiger partial charge in [-0.05, 0) is 18.4 Å². The number of rotatable bonds is 5. The lowest BCUT2D eigenvalue weighted by Gasteiger charge is -2.29. The molecular weight excluding hydrogens is 238 g/mol. The third-order valence-electron chi connectivity index (χ3n) is 3.85. The van der Waals surface area contributed by atoms with Crippen LogP contribution in [0.1, 0.15) is 37.7 Å². The van der Waals surface area contributed by atoms with E-state index in [0.717, 1.165) is 31.2 Å². The van der Waals surface area contributed by atoms with Crippen molar-refractivity contribution >= 4 is 5.91 Å². The van der Waals surface area contributed by atoms with Gasteiger partial charge < -0.3 is 10.0 Å². The van der Waals surface area contributed by atoms with Crippen LogP contribution in [0.2, 0.25) is 0 Å². The fourth-order valence-electron chi connectivity index (χ4n) is 2.80. The average molecular weight is 261 g/mol. The third-order valence-corrected chi connectivity index (χ3v) is 3.85. The first-order valence-corrected chi connectivity index (χ1v) is 7.25. The number of hydrogen-bond acceptors (Lipinski definition) is 2. The zero-order valence-corrected chi connectivity index (χ0v) is 11.4. The van der Waals surface area contributed by atoms with Crippen LogP contribution in [0, 0.1) is 5.92 Å². The Balaban J connectivity index is 2.00. The number of aliphatic hydroxyl groups excluding tert-OH is 1. The highest BCUT2D eigenvalue weighted by Gasteiger charge is 2.25. The van der Waals surface area contributed by atoms with Gasteiger partial charge in [0.2, 0.25) is 5.91 Å². The van der Waals surface area contributed by atoms with Crippen molar-refractivity contribution in [3.05, 3.63) is 35.9 Å². The summed E-state index contributed by atoms with van der Waals surface area (Å²) in [5.41, 5.74) is 1.13. The second-order valence-electron chi connectivity index (χ2n) is 5.30. The second-order valence-corrected chi connectivity index (χ2v) is 5.30. The molecule has 1 aliphatic rings. The molecule has 0 heterocycles. The molecule has 1 amide bonds. The highest BCUT2D eigenvalue weighted by atomic mass is 16.3. The minimum Gasteiger partial charge on any atom is -0.395 e. The molecule has 0 unspecified atom stereocenters. The Hall–Kier alpha value is -1.35. The normalized spacial score (nSPS) is 16.3. The van der Waals surface area contributed by atoms with E-state index in [1.165, 1.54) is 6.42 Å². The molecule has 1 aliphatic carbocycles. The molecule has 1 fully saturated rings. The van der Waals surface area contributed by atoms with Crippen LogP contribution in [0.5, 0.6) is 0 Å². The predicted octanol–water partition coefficient (Wildman–Crippen LogP) is 2.59. The lowest BCUT2D eigenvalue weighted by Crippen LogP contribution is -2.38. The van der Waals surface area contributed by atoms with Gasteiger partial charge in [-0.25, -0.2) is 0 Å². The summed E-state index contributed by atoms with van der Waals surface area (Å²) in [7, 11) is 0. The van der Waals surface area contributed by atoms with Gasteiger partial charge in [0.25, 0.3) is 0 Å². The fraction of sp³-hybridized carbons (Fsp3) is 0.562. The Labute approximate surface area is 115 Å². The van der Waals surface area contributed by atoms with Crippen molar-refractivity contribution in [2.75, 3.05) is 13.2 Å². The van der Waals surface area contributed by atoms with E-state index in [1.54, 1.807) is 0 Å². The van der Waals surface area contributed by atoms with Crippen LogP contribution in [-0.2, 0) is 11.3 Å². The predicted molar refractivity (Wildman–Crippen MR) is 75.5 cm³/mol. The number of carbonyl (C=O) groups excluding carboxylic acids is 1. The minimum absolute atomic E-state index is 0.0330. The van der Waals surface area contributed by atoms with E-state index in [0.29, 0.717) is 13.1 Å². The van der Waals surface area contributed by atoms with Crippen molar-refractivity contribution < 1.29 is 9.90 Å². The maximum Gasteiger partial charge on any atom is 0.226 e. The van der Waals surface area contributed by atoms with Crippen molar-refractivity contribution in [1.82, 2.24) is 4.90 Å². The van der Waals surface area contributed by atoms with Gasteiger partial charge in [-0.15, -0.1) is 0 Å². The van der Waals surface area contributed by atoms with Crippen molar-refractivity contribution in [1.29, 1.82) is 0 Å². The van der Waals surface area contributed by atoms with E-state index < -0.39 is 0 Å². The standard InChI is InChI=1S/C16H23NO2/c18-12-11-17(13-14-7-3-1-4-8-14)16(19)15-9-5-2-6-10-15/h1,3-4,7-8,15,18H,2,5-6,9-13H2.